The SMILES string of the molecule is Cc1cc(NC(=O)c2c(C)c(C(=O)CNC34CC5CC(CC(O)(C5)C3)C4)n(CCO)c2C)ccc1F. The summed E-state index contributed by atoms with van der Waals surface area (Å²) in [6, 6.07) is 4.38. The molecule has 1 aromatic carbocycles. The van der Waals surface area contributed by atoms with E-state index in [2.05, 4.69) is 10.6 Å². The molecule has 36 heavy (non-hydrogen) atoms. The molecule has 4 bridgehead atoms. The Morgan fingerprint density at radius 1 is 1.14 bits per heavy atom. The van der Waals surface area contributed by atoms with Crippen LogP contribution < -0.4 is 10.6 Å². The summed E-state index contributed by atoms with van der Waals surface area (Å²) in [5.74, 6) is 0.153. The summed E-state index contributed by atoms with van der Waals surface area (Å²) in [5.41, 5.74) is 2.03. The fraction of sp³-hybridized carbons (Fsp3) is 0.571. The van der Waals surface area contributed by atoms with Crippen molar-refractivity contribution < 1.29 is 24.2 Å². The van der Waals surface area contributed by atoms with Gasteiger partial charge in [0.1, 0.15) is 5.82 Å². The lowest BCUT2D eigenvalue weighted by molar-refractivity contribution is -0.141. The van der Waals surface area contributed by atoms with E-state index in [1.807, 2.05) is 0 Å². The first-order chi connectivity index (χ1) is 17.0. The number of carbonyl (C=O) groups is 2. The molecule has 2 unspecified atom stereocenters. The minimum Gasteiger partial charge on any atom is -0.395 e. The van der Waals surface area contributed by atoms with Crippen molar-refractivity contribution in [1.82, 2.24) is 9.88 Å². The van der Waals surface area contributed by atoms with Gasteiger partial charge in [0, 0.05) is 23.5 Å². The zero-order valence-corrected chi connectivity index (χ0v) is 21.3. The number of aryl methyl sites for hydroxylation is 1. The average molecular weight is 498 g/mol. The summed E-state index contributed by atoms with van der Waals surface area (Å²) in [6.07, 6.45) is 5.55. The van der Waals surface area contributed by atoms with Gasteiger partial charge in [0.05, 0.1) is 30.0 Å². The highest BCUT2D eigenvalue weighted by atomic mass is 19.1. The molecule has 2 atom stereocenters. The van der Waals surface area contributed by atoms with Crippen LogP contribution in [0.5, 0.6) is 0 Å². The maximum atomic E-state index is 13.6. The molecule has 0 aliphatic heterocycles. The van der Waals surface area contributed by atoms with E-state index in [4.69, 9.17) is 0 Å². The van der Waals surface area contributed by atoms with Crippen molar-refractivity contribution in [3.05, 3.63) is 52.1 Å². The number of hydrogen-bond donors (Lipinski definition) is 4. The van der Waals surface area contributed by atoms with Crippen LogP contribution in [-0.2, 0) is 6.54 Å². The number of halogens is 1. The molecule has 4 aliphatic rings. The Hall–Kier alpha value is -2.55. The second-order valence-corrected chi connectivity index (χ2v) is 11.5. The van der Waals surface area contributed by atoms with Crippen LogP contribution in [0.25, 0.3) is 0 Å². The predicted molar refractivity (Wildman–Crippen MR) is 135 cm³/mol. The van der Waals surface area contributed by atoms with Gasteiger partial charge < -0.3 is 25.4 Å². The lowest BCUT2D eigenvalue weighted by atomic mass is 9.51. The third kappa shape index (κ3) is 4.40. The highest BCUT2D eigenvalue weighted by Gasteiger charge is 2.57. The van der Waals surface area contributed by atoms with Crippen molar-refractivity contribution in [3.63, 3.8) is 0 Å². The number of rotatable bonds is 8. The predicted octanol–water partition coefficient (Wildman–Crippen LogP) is 3.65. The average Bonchev–Trinajstić information content (AvgIpc) is 3.03. The maximum Gasteiger partial charge on any atom is 0.257 e. The van der Waals surface area contributed by atoms with Crippen molar-refractivity contribution in [3.8, 4) is 0 Å². The molecule has 6 rings (SSSR count). The number of anilines is 1. The Labute approximate surface area is 211 Å². The summed E-state index contributed by atoms with van der Waals surface area (Å²) in [7, 11) is 0. The molecule has 4 N–H and O–H groups in total. The summed E-state index contributed by atoms with van der Waals surface area (Å²) in [4.78, 5) is 26.8. The number of Topliss-reactive ketones (excluding diaryl/α,β-unsaturated/α-hetero) is 1. The summed E-state index contributed by atoms with van der Waals surface area (Å²) < 4.78 is 15.4. The maximum absolute atomic E-state index is 13.6. The van der Waals surface area contributed by atoms with Crippen LogP contribution in [-0.4, -0.2) is 50.8 Å². The second kappa shape index (κ2) is 9.08. The van der Waals surface area contributed by atoms with Crippen LogP contribution in [0.3, 0.4) is 0 Å². The molecule has 1 amide bonds. The van der Waals surface area contributed by atoms with Crippen LogP contribution in [0.15, 0.2) is 18.2 Å². The van der Waals surface area contributed by atoms with Crippen molar-refractivity contribution >= 4 is 17.4 Å². The molecule has 8 heteroatoms. The molecule has 0 spiro atoms. The highest BCUT2D eigenvalue weighted by molar-refractivity contribution is 6.09. The van der Waals surface area contributed by atoms with Crippen molar-refractivity contribution in [2.24, 2.45) is 11.8 Å². The molecule has 2 aromatic rings. The van der Waals surface area contributed by atoms with E-state index in [0.717, 1.165) is 25.7 Å². The molecule has 1 aromatic heterocycles. The smallest absolute Gasteiger partial charge is 0.257 e. The highest BCUT2D eigenvalue weighted by Crippen LogP contribution is 2.57. The van der Waals surface area contributed by atoms with Gasteiger partial charge in [-0.15, -0.1) is 0 Å². The number of benzene rings is 1. The number of hydrogen-bond acceptors (Lipinski definition) is 5. The van der Waals surface area contributed by atoms with E-state index in [1.54, 1.807) is 31.4 Å². The lowest BCUT2D eigenvalue weighted by Gasteiger charge is -2.60. The van der Waals surface area contributed by atoms with Crippen LogP contribution in [0, 0.1) is 38.4 Å². The summed E-state index contributed by atoms with van der Waals surface area (Å²) >= 11 is 0. The molecule has 7 nitrogen and oxygen atoms in total. The van der Waals surface area contributed by atoms with Gasteiger partial charge in [-0.1, -0.05) is 0 Å². The Bertz CT molecular complexity index is 1210. The van der Waals surface area contributed by atoms with Crippen LogP contribution >= 0.6 is 0 Å². The molecule has 194 valence electrons. The fourth-order valence-electron chi connectivity index (χ4n) is 7.66. The quantitative estimate of drug-likeness (QED) is 0.417. The Morgan fingerprint density at radius 3 is 2.44 bits per heavy atom. The Morgan fingerprint density at radius 2 is 1.83 bits per heavy atom. The Balaban J connectivity index is 1.38. The van der Waals surface area contributed by atoms with Crippen LogP contribution in [0.4, 0.5) is 10.1 Å². The van der Waals surface area contributed by atoms with E-state index in [9.17, 15) is 24.2 Å². The summed E-state index contributed by atoms with van der Waals surface area (Å²) in [6.45, 7) is 5.31. The molecule has 0 radical (unpaired) electrons. The van der Waals surface area contributed by atoms with E-state index in [-0.39, 0.29) is 42.7 Å². The molecule has 4 saturated carbocycles. The number of aliphatic hydroxyl groups is 2. The largest absolute Gasteiger partial charge is 0.395 e. The lowest BCUT2D eigenvalue weighted by Crippen LogP contribution is -2.65. The molecule has 1 heterocycles. The van der Waals surface area contributed by atoms with Gasteiger partial charge in [0.15, 0.2) is 5.78 Å². The van der Waals surface area contributed by atoms with Gasteiger partial charge in [-0.2, -0.15) is 0 Å². The minimum absolute atomic E-state index is 0.115. The van der Waals surface area contributed by atoms with E-state index < -0.39 is 5.60 Å². The summed E-state index contributed by atoms with van der Waals surface area (Å²) in [5, 5.41) is 27.1. The second-order valence-electron chi connectivity index (χ2n) is 11.5. The van der Waals surface area contributed by atoms with E-state index in [1.165, 1.54) is 18.6 Å². The first kappa shape index (κ1) is 25.1. The van der Waals surface area contributed by atoms with E-state index in [0.29, 0.717) is 52.0 Å². The van der Waals surface area contributed by atoms with Gasteiger partial charge in [-0.05, 0) is 100 Å². The number of nitrogens with zero attached hydrogens (tertiary/aromatic N) is 1. The van der Waals surface area contributed by atoms with Crippen molar-refractivity contribution in [2.75, 3.05) is 18.5 Å². The molecular formula is C28H36FN3O4. The van der Waals surface area contributed by atoms with Gasteiger partial charge in [0.25, 0.3) is 5.91 Å². The van der Waals surface area contributed by atoms with E-state index >= 15 is 0 Å². The monoisotopic (exact) mass is 497 g/mol. The molecule has 0 saturated heterocycles. The van der Waals surface area contributed by atoms with Gasteiger partial charge in [-0.3, -0.25) is 9.59 Å². The molecule has 4 fully saturated rings. The number of carbonyl (C=O) groups excluding carboxylic acids is 2. The normalized spacial score (nSPS) is 28.5. The molecular weight excluding hydrogens is 461 g/mol. The van der Waals surface area contributed by atoms with Gasteiger partial charge in [-0.25, -0.2) is 4.39 Å². The minimum atomic E-state index is -0.617. The van der Waals surface area contributed by atoms with Crippen LogP contribution in [0.2, 0.25) is 0 Å². The van der Waals surface area contributed by atoms with Gasteiger partial charge >= 0.3 is 0 Å². The third-order valence-corrected chi connectivity index (χ3v) is 8.65. The number of amides is 1. The zero-order chi connectivity index (χ0) is 25.8. The molecule has 4 aliphatic carbocycles. The van der Waals surface area contributed by atoms with Gasteiger partial charge in [0.2, 0.25) is 0 Å². The zero-order valence-electron chi connectivity index (χ0n) is 21.3. The Kier molecular flexibility index (Phi) is 6.34. The number of aromatic nitrogens is 1. The number of aliphatic hydroxyl groups excluding tert-OH is 1. The topological polar surface area (TPSA) is 104 Å². The van der Waals surface area contributed by atoms with Crippen molar-refractivity contribution in [1.29, 1.82) is 0 Å². The van der Waals surface area contributed by atoms with Crippen molar-refractivity contribution in [2.45, 2.75) is 77.0 Å². The fourth-order valence-corrected chi connectivity index (χ4v) is 7.66. The third-order valence-electron chi connectivity index (χ3n) is 8.65. The number of ketones is 1. The van der Waals surface area contributed by atoms with Crippen LogP contribution in [0.1, 0.15) is 76.2 Å². The first-order valence-corrected chi connectivity index (χ1v) is 12.9. The standard InChI is InChI=1S/C28H36FN3O4/c1-16-8-21(4-5-22(16)29)31-26(35)24-17(2)25(32(6-7-33)18(24)3)23(34)14-30-27-10-19-9-20(11-27)13-28(36,12-19)15-27/h4-5,8,19-20,30,33,36H,6-7,9-15H2,1-3H3,(H,31,35). The first-order valence-electron chi connectivity index (χ1n) is 12.9. The number of nitrogens with one attached hydrogen (secondary N) is 2.